The average molecular weight is 315 g/mol. The molecule has 0 spiro atoms. The number of carbonyl (C=O) groups excluding carboxylic acids is 1. The topological polar surface area (TPSA) is 110 Å². The second-order valence-electron chi connectivity index (χ2n) is 4.61. The van der Waals surface area contributed by atoms with Crippen LogP contribution in [0, 0.1) is 0 Å². The number of hydrogen-bond donors (Lipinski definition) is 2. The van der Waals surface area contributed by atoms with E-state index in [4.69, 9.17) is 9.84 Å². The number of rotatable bonds is 6. The van der Waals surface area contributed by atoms with Crippen LogP contribution in [0.2, 0.25) is 0 Å². The van der Waals surface area contributed by atoms with Gasteiger partial charge in [0.25, 0.3) is 5.91 Å². The Hall–Kier alpha value is -2.09. The number of carbonyl (C=O) groups is 2. The minimum absolute atomic E-state index is 0.0145. The van der Waals surface area contributed by atoms with Gasteiger partial charge in [0, 0.05) is 12.3 Å². The van der Waals surface area contributed by atoms with Crippen molar-refractivity contribution < 1.29 is 27.9 Å². The van der Waals surface area contributed by atoms with E-state index in [9.17, 15) is 18.0 Å². The van der Waals surface area contributed by atoms with Crippen molar-refractivity contribution in [1.82, 2.24) is 5.32 Å². The van der Waals surface area contributed by atoms with Crippen LogP contribution in [0.1, 0.15) is 23.7 Å². The Morgan fingerprint density at radius 2 is 2.00 bits per heavy atom. The third kappa shape index (κ3) is 4.75. The highest BCUT2D eigenvalue weighted by Crippen LogP contribution is 2.22. The van der Waals surface area contributed by atoms with E-state index < -0.39 is 27.8 Å². The molecule has 7 nitrogen and oxygen atoms in total. The van der Waals surface area contributed by atoms with E-state index in [-0.39, 0.29) is 22.6 Å². The van der Waals surface area contributed by atoms with Crippen LogP contribution < -0.4 is 10.1 Å². The number of nitrogens with one attached hydrogen (secondary N) is 1. The number of methoxy groups -OCH3 is 1. The van der Waals surface area contributed by atoms with Crippen molar-refractivity contribution in [2.75, 3.05) is 13.4 Å². The normalized spacial score (nSPS) is 12.5. The molecule has 1 rings (SSSR count). The zero-order valence-corrected chi connectivity index (χ0v) is 12.7. The molecule has 0 bridgehead atoms. The van der Waals surface area contributed by atoms with Crippen LogP contribution in [-0.2, 0) is 14.6 Å². The molecule has 8 heteroatoms. The molecule has 116 valence electrons. The van der Waals surface area contributed by atoms with E-state index in [1.807, 2.05) is 0 Å². The molecule has 1 aromatic carbocycles. The highest BCUT2D eigenvalue weighted by molar-refractivity contribution is 7.90. The lowest BCUT2D eigenvalue weighted by molar-refractivity contribution is -0.137. The van der Waals surface area contributed by atoms with Crippen molar-refractivity contribution in [3.05, 3.63) is 23.8 Å². The number of carboxylic acid groups (broad SMARTS) is 1. The first kappa shape index (κ1) is 17.0. The first-order valence-electron chi connectivity index (χ1n) is 6.06. The number of ether oxygens (including phenoxy) is 1. The summed E-state index contributed by atoms with van der Waals surface area (Å²) in [6, 6.07) is 3.33. The van der Waals surface area contributed by atoms with Gasteiger partial charge in [0.15, 0.2) is 9.84 Å². The Kier molecular flexibility index (Phi) is 5.31. The van der Waals surface area contributed by atoms with Gasteiger partial charge in [0.05, 0.1) is 24.0 Å². The molecule has 0 aromatic heterocycles. The molecule has 0 saturated carbocycles. The third-order valence-corrected chi connectivity index (χ3v) is 3.81. The second kappa shape index (κ2) is 6.57. The fourth-order valence-electron chi connectivity index (χ4n) is 1.71. The first-order chi connectivity index (χ1) is 9.65. The number of aliphatic carboxylic acids is 1. The van der Waals surface area contributed by atoms with Gasteiger partial charge < -0.3 is 15.2 Å². The predicted molar refractivity (Wildman–Crippen MR) is 75.3 cm³/mol. The Morgan fingerprint density at radius 3 is 2.48 bits per heavy atom. The quantitative estimate of drug-likeness (QED) is 0.799. The third-order valence-electron chi connectivity index (χ3n) is 2.70. The Morgan fingerprint density at radius 1 is 1.38 bits per heavy atom. The molecule has 0 aliphatic carbocycles. The summed E-state index contributed by atoms with van der Waals surface area (Å²) < 4.78 is 28.1. The average Bonchev–Trinajstić information content (AvgIpc) is 2.35. The van der Waals surface area contributed by atoms with Gasteiger partial charge in [-0.2, -0.15) is 0 Å². The molecule has 0 heterocycles. The van der Waals surface area contributed by atoms with Gasteiger partial charge in [-0.25, -0.2) is 8.42 Å². The summed E-state index contributed by atoms with van der Waals surface area (Å²) in [5.74, 6) is -1.42. The SMILES string of the molecule is COc1ccc(S(C)(=O)=O)cc1C(=O)NC(C)CC(=O)O. The van der Waals surface area contributed by atoms with Gasteiger partial charge in [0.1, 0.15) is 5.75 Å². The van der Waals surface area contributed by atoms with Crippen molar-refractivity contribution in [1.29, 1.82) is 0 Å². The zero-order valence-electron chi connectivity index (χ0n) is 11.9. The van der Waals surface area contributed by atoms with Crippen LogP contribution in [-0.4, -0.2) is 44.8 Å². The monoisotopic (exact) mass is 315 g/mol. The summed E-state index contributed by atoms with van der Waals surface area (Å²) >= 11 is 0. The highest BCUT2D eigenvalue weighted by atomic mass is 32.2. The molecule has 0 aliphatic heterocycles. The Bertz CT molecular complexity index is 653. The maximum Gasteiger partial charge on any atom is 0.305 e. The molecule has 0 aliphatic rings. The minimum atomic E-state index is -3.46. The molecule has 0 fully saturated rings. The summed E-state index contributed by atoms with van der Waals surface area (Å²) in [7, 11) is -2.11. The lowest BCUT2D eigenvalue weighted by Crippen LogP contribution is -2.34. The fourth-order valence-corrected chi connectivity index (χ4v) is 2.36. The summed E-state index contributed by atoms with van der Waals surface area (Å²) in [6.07, 6.45) is 0.795. The molecule has 0 saturated heterocycles. The Labute approximate surface area is 122 Å². The molecule has 1 amide bonds. The maximum absolute atomic E-state index is 12.1. The Balaban J connectivity index is 3.09. The van der Waals surface area contributed by atoms with Gasteiger partial charge in [-0.05, 0) is 25.1 Å². The molecule has 1 atom stereocenters. The standard InChI is InChI=1S/C13H17NO6S/c1-8(6-12(15)16)14-13(17)10-7-9(21(3,18)19)4-5-11(10)20-2/h4-5,7-8H,6H2,1-3H3,(H,14,17)(H,15,16). The molecular weight excluding hydrogens is 298 g/mol. The molecule has 1 unspecified atom stereocenters. The van der Waals surface area contributed by atoms with Crippen molar-refractivity contribution in [3.8, 4) is 5.75 Å². The lowest BCUT2D eigenvalue weighted by Gasteiger charge is -2.14. The summed E-state index contributed by atoms with van der Waals surface area (Å²) in [5, 5.41) is 11.1. The summed E-state index contributed by atoms with van der Waals surface area (Å²) in [4.78, 5) is 22.7. The van der Waals surface area contributed by atoms with E-state index in [0.29, 0.717) is 0 Å². The van der Waals surface area contributed by atoms with Crippen LogP contribution in [0.25, 0.3) is 0 Å². The maximum atomic E-state index is 12.1. The number of benzene rings is 1. The molecule has 0 radical (unpaired) electrons. The molecule has 2 N–H and O–H groups in total. The predicted octanol–water partition coefficient (Wildman–Crippen LogP) is 0.692. The zero-order chi connectivity index (χ0) is 16.2. The van der Waals surface area contributed by atoms with Crippen molar-refractivity contribution in [2.24, 2.45) is 0 Å². The van der Waals surface area contributed by atoms with Crippen molar-refractivity contribution >= 4 is 21.7 Å². The van der Waals surface area contributed by atoms with Gasteiger partial charge >= 0.3 is 5.97 Å². The molecule has 1 aromatic rings. The van der Waals surface area contributed by atoms with Gasteiger partial charge in [0.2, 0.25) is 0 Å². The number of carboxylic acids is 1. The smallest absolute Gasteiger partial charge is 0.305 e. The van der Waals surface area contributed by atoms with Crippen LogP contribution in [0.4, 0.5) is 0 Å². The van der Waals surface area contributed by atoms with Crippen molar-refractivity contribution in [3.63, 3.8) is 0 Å². The van der Waals surface area contributed by atoms with Crippen LogP contribution in [0.15, 0.2) is 23.1 Å². The lowest BCUT2D eigenvalue weighted by atomic mass is 10.1. The number of hydrogen-bond acceptors (Lipinski definition) is 5. The van der Waals surface area contributed by atoms with E-state index >= 15 is 0 Å². The molecule has 21 heavy (non-hydrogen) atoms. The largest absolute Gasteiger partial charge is 0.496 e. The molecular formula is C13H17NO6S. The first-order valence-corrected chi connectivity index (χ1v) is 7.95. The summed E-state index contributed by atoms with van der Waals surface area (Å²) in [6.45, 7) is 1.54. The van der Waals surface area contributed by atoms with Gasteiger partial charge in [-0.15, -0.1) is 0 Å². The highest BCUT2D eigenvalue weighted by Gasteiger charge is 2.19. The minimum Gasteiger partial charge on any atom is -0.496 e. The van der Waals surface area contributed by atoms with Crippen LogP contribution >= 0.6 is 0 Å². The van der Waals surface area contributed by atoms with Crippen LogP contribution in [0.3, 0.4) is 0 Å². The van der Waals surface area contributed by atoms with E-state index in [2.05, 4.69) is 5.32 Å². The number of sulfone groups is 1. The van der Waals surface area contributed by atoms with E-state index in [0.717, 1.165) is 6.26 Å². The second-order valence-corrected chi connectivity index (χ2v) is 6.62. The van der Waals surface area contributed by atoms with Crippen LogP contribution in [0.5, 0.6) is 5.75 Å². The van der Waals surface area contributed by atoms with E-state index in [1.54, 1.807) is 6.92 Å². The van der Waals surface area contributed by atoms with Gasteiger partial charge in [-0.3, -0.25) is 9.59 Å². The van der Waals surface area contributed by atoms with Crippen molar-refractivity contribution in [2.45, 2.75) is 24.3 Å². The van der Waals surface area contributed by atoms with E-state index in [1.165, 1.54) is 25.3 Å². The fraction of sp³-hybridized carbons (Fsp3) is 0.385. The number of amides is 1. The van der Waals surface area contributed by atoms with Gasteiger partial charge in [-0.1, -0.05) is 0 Å². The summed E-state index contributed by atoms with van der Waals surface area (Å²) in [5.41, 5.74) is 0.0395.